The number of ether oxygens (including phenoxy) is 1. The van der Waals surface area contributed by atoms with Gasteiger partial charge in [0, 0.05) is 18.0 Å². The Morgan fingerprint density at radius 3 is 3.06 bits per heavy atom. The summed E-state index contributed by atoms with van der Waals surface area (Å²) in [7, 11) is 2.05. The van der Waals surface area contributed by atoms with Crippen LogP contribution < -0.4 is 5.73 Å². The van der Waals surface area contributed by atoms with E-state index < -0.39 is 0 Å². The van der Waals surface area contributed by atoms with E-state index in [1.807, 2.05) is 7.05 Å². The summed E-state index contributed by atoms with van der Waals surface area (Å²) in [5, 5.41) is 0.596. The summed E-state index contributed by atoms with van der Waals surface area (Å²) in [5.74, 6) is -0.284. The van der Waals surface area contributed by atoms with E-state index in [2.05, 4.69) is 4.90 Å². The first kappa shape index (κ1) is 11.4. The second-order valence-electron chi connectivity index (χ2n) is 3.95. The first-order chi connectivity index (χ1) is 7.63. The number of esters is 1. The average molecular weight is 240 g/mol. The van der Waals surface area contributed by atoms with E-state index in [0.29, 0.717) is 17.2 Å². The number of nitrogen functional groups attached to an aromatic ring is 1. The predicted molar refractivity (Wildman–Crippen MR) is 64.7 cm³/mol. The summed E-state index contributed by atoms with van der Waals surface area (Å²) < 4.78 is 5.04. The maximum Gasteiger partial charge on any atom is 0.341 e. The van der Waals surface area contributed by atoms with Crippen LogP contribution in [0.5, 0.6) is 0 Å². The highest BCUT2D eigenvalue weighted by Crippen LogP contribution is 2.35. The zero-order valence-electron chi connectivity index (χ0n) is 9.58. The summed E-state index contributed by atoms with van der Waals surface area (Å²) in [6, 6.07) is 0. The third kappa shape index (κ3) is 1.92. The normalized spacial score (nSPS) is 15.9. The molecule has 0 aromatic carbocycles. The molecule has 0 bridgehead atoms. The third-order valence-corrected chi connectivity index (χ3v) is 3.87. The van der Waals surface area contributed by atoms with E-state index in [4.69, 9.17) is 10.5 Å². The van der Waals surface area contributed by atoms with E-state index in [-0.39, 0.29) is 5.97 Å². The number of rotatable bonds is 2. The van der Waals surface area contributed by atoms with E-state index in [9.17, 15) is 4.79 Å². The molecule has 0 fully saturated rings. The van der Waals surface area contributed by atoms with Gasteiger partial charge in [-0.05, 0) is 26.0 Å². The van der Waals surface area contributed by atoms with Crippen LogP contribution in [0.25, 0.3) is 0 Å². The number of nitrogens with zero attached hydrogens (tertiary/aromatic N) is 1. The average Bonchev–Trinajstić information content (AvgIpc) is 2.53. The Morgan fingerprint density at radius 1 is 1.62 bits per heavy atom. The lowest BCUT2D eigenvalue weighted by atomic mass is 10.0. The van der Waals surface area contributed by atoms with Crippen molar-refractivity contribution in [2.24, 2.45) is 0 Å². The van der Waals surface area contributed by atoms with Crippen molar-refractivity contribution in [1.29, 1.82) is 0 Å². The van der Waals surface area contributed by atoms with Crippen molar-refractivity contribution in [3.8, 4) is 0 Å². The molecule has 2 heterocycles. The topological polar surface area (TPSA) is 55.6 Å². The molecule has 0 radical (unpaired) electrons. The van der Waals surface area contributed by atoms with Crippen LogP contribution in [0, 0.1) is 0 Å². The SMILES string of the molecule is CCOC(=O)c1c(N)sc2c1CN(C)CC2. The van der Waals surface area contributed by atoms with Gasteiger partial charge in [0.15, 0.2) is 0 Å². The van der Waals surface area contributed by atoms with Crippen molar-refractivity contribution in [3.63, 3.8) is 0 Å². The zero-order chi connectivity index (χ0) is 11.7. The molecule has 0 saturated heterocycles. The summed E-state index contributed by atoms with van der Waals surface area (Å²) in [5.41, 5.74) is 7.55. The minimum absolute atomic E-state index is 0.284. The number of anilines is 1. The van der Waals surface area contributed by atoms with Gasteiger partial charge in [-0.25, -0.2) is 4.79 Å². The number of carbonyl (C=O) groups is 1. The van der Waals surface area contributed by atoms with Gasteiger partial charge in [0.05, 0.1) is 12.2 Å². The molecule has 1 aromatic heterocycles. The summed E-state index contributed by atoms with van der Waals surface area (Å²) >= 11 is 1.52. The molecular weight excluding hydrogens is 224 g/mol. The molecule has 4 nitrogen and oxygen atoms in total. The number of hydrogen-bond donors (Lipinski definition) is 1. The van der Waals surface area contributed by atoms with Gasteiger partial charge in [0.25, 0.3) is 0 Å². The second kappa shape index (κ2) is 4.43. The van der Waals surface area contributed by atoms with Crippen LogP contribution in [0.1, 0.15) is 27.7 Å². The number of nitrogens with two attached hydrogens (primary N) is 1. The first-order valence-electron chi connectivity index (χ1n) is 5.39. The van der Waals surface area contributed by atoms with Crippen LogP contribution in [0.2, 0.25) is 0 Å². The molecule has 2 rings (SSSR count). The quantitative estimate of drug-likeness (QED) is 0.796. The van der Waals surface area contributed by atoms with E-state index in [0.717, 1.165) is 25.1 Å². The molecule has 5 heteroatoms. The monoisotopic (exact) mass is 240 g/mol. The summed E-state index contributed by atoms with van der Waals surface area (Å²) in [6.45, 7) is 4.00. The van der Waals surface area contributed by atoms with Gasteiger partial charge in [-0.2, -0.15) is 0 Å². The van der Waals surface area contributed by atoms with E-state index in [1.54, 1.807) is 6.92 Å². The zero-order valence-corrected chi connectivity index (χ0v) is 10.4. The van der Waals surface area contributed by atoms with Crippen molar-refractivity contribution in [2.45, 2.75) is 19.9 Å². The number of carbonyl (C=O) groups excluding carboxylic acids is 1. The molecule has 0 atom stereocenters. The van der Waals surface area contributed by atoms with Gasteiger partial charge in [-0.1, -0.05) is 0 Å². The molecule has 0 aliphatic carbocycles. The fourth-order valence-electron chi connectivity index (χ4n) is 1.97. The molecule has 2 N–H and O–H groups in total. The minimum Gasteiger partial charge on any atom is -0.462 e. The van der Waals surface area contributed by atoms with Gasteiger partial charge >= 0.3 is 5.97 Å². The molecule has 0 amide bonds. The van der Waals surface area contributed by atoms with Gasteiger partial charge < -0.3 is 15.4 Å². The highest BCUT2D eigenvalue weighted by molar-refractivity contribution is 7.16. The van der Waals surface area contributed by atoms with Crippen molar-refractivity contribution in [3.05, 3.63) is 16.0 Å². The van der Waals surface area contributed by atoms with Gasteiger partial charge in [-0.3, -0.25) is 0 Å². The number of thiophene rings is 1. The van der Waals surface area contributed by atoms with Gasteiger partial charge in [0.1, 0.15) is 5.00 Å². The van der Waals surface area contributed by atoms with Crippen LogP contribution >= 0.6 is 11.3 Å². The maximum atomic E-state index is 11.8. The second-order valence-corrected chi connectivity index (χ2v) is 5.09. The highest BCUT2D eigenvalue weighted by atomic mass is 32.1. The molecule has 0 spiro atoms. The number of hydrogen-bond acceptors (Lipinski definition) is 5. The Labute approximate surface area is 99.0 Å². The summed E-state index contributed by atoms with van der Waals surface area (Å²) in [6.07, 6.45) is 0.972. The molecule has 0 unspecified atom stereocenters. The van der Waals surface area contributed by atoms with Crippen molar-refractivity contribution >= 4 is 22.3 Å². The lowest BCUT2D eigenvalue weighted by Gasteiger charge is -2.22. The Balaban J connectivity index is 2.37. The van der Waals surface area contributed by atoms with E-state index >= 15 is 0 Å². The highest BCUT2D eigenvalue weighted by Gasteiger charge is 2.26. The third-order valence-electron chi connectivity index (χ3n) is 2.75. The Kier molecular flexibility index (Phi) is 3.16. The minimum atomic E-state index is -0.284. The van der Waals surface area contributed by atoms with Crippen molar-refractivity contribution in [2.75, 3.05) is 25.9 Å². The number of likely N-dealkylation sites (N-methyl/N-ethyl adjacent to an activating group) is 1. The van der Waals surface area contributed by atoms with Crippen LogP contribution in [-0.2, 0) is 17.7 Å². The smallest absolute Gasteiger partial charge is 0.341 e. The molecule has 16 heavy (non-hydrogen) atoms. The Hall–Kier alpha value is -1.07. The van der Waals surface area contributed by atoms with Crippen molar-refractivity contribution in [1.82, 2.24) is 4.90 Å². The van der Waals surface area contributed by atoms with Crippen molar-refractivity contribution < 1.29 is 9.53 Å². The standard InChI is InChI=1S/C11H16N2O2S/c1-3-15-11(14)9-7-6-13(2)5-4-8(7)16-10(9)12/h3-6,12H2,1-2H3. The predicted octanol–water partition coefficient (Wildman–Crippen LogP) is 1.49. The van der Waals surface area contributed by atoms with Crippen LogP contribution in [-0.4, -0.2) is 31.1 Å². The van der Waals surface area contributed by atoms with E-state index in [1.165, 1.54) is 16.2 Å². The summed E-state index contributed by atoms with van der Waals surface area (Å²) in [4.78, 5) is 15.2. The van der Waals surface area contributed by atoms with Gasteiger partial charge in [-0.15, -0.1) is 11.3 Å². The first-order valence-corrected chi connectivity index (χ1v) is 6.20. The fourth-order valence-corrected chi connectivity index (χ4v) is 3.03. The molecular formula is C11H16N2O2S. The molecule has 0 saturated carbocycles. The lowest BCUT2D eigenvalue weighted by Crippen LogP contribution is -2.26. The fraction of sp³-hybridized carbons (Fsp3) is 0.545. The Bertz CT molecular complexity index is 414. The lowest BCUT2D eigenvalue weighted by molar-refractivity contribution is 0.0525. The maximum absolute atomic E-state index is 11.8. The number of fused-ring (bicyclic) bond motifs is 1. The molecule has 88 valence electrons. The Morgan fingerprint density at radius 2 is 2.38 bits per heavy atom. The molecule has 1 aliphatic rings. The molecule has 1 aliphatic heterocycles. The van der Waals surface area contributed by atoms with Crippen LogP contribution in [0.3, 0.4) is 0 Å². The molecule has 1 aromatic rings. The van der Waals surface area contributed by atoms with Crippen LogP contribution in [0.4, 0.5) is 5.00 Å². The largest absolute Gasteiger partial charge is 0.462 e. The van der Waals surface area contributed by atoms with Crippen LogP contribution in [0.15, 0.2) is 0 Å². The van der Waals surface area contributed by atoms with Gasteiger partial charge in [0.2, 0.25) is 0 Å².